The summed E-state index contributed by atoms with van der Waals surface area (Å²) < 4.78 is 12.6. The molecule has 1 aliphatic heterocycles. The van der Waals surface area contributed by atoms with Crippen molar-refractivity contribution in [3.63, 3.8) is 0 Å². The van der Waals surface area contributed by atoms with Crippen molar-refractivity contribution in [1.29, 1.82) is 0 Å². The average molecular weight is 618 g/mol. The number of carbonyl (C=O) groups excluding carboxylic acids is 1. The first-order valence-corrected chi connectivity index (χ1v) is 15.6. The highest BCUT2D eigenvalue weighted by Gasteiger charge is 2.39. The van der Waals surface area contributed by atoms with Crippen LogP contribution in [0.2, 0.25) is 5.02 Å². The van der Waals surface area contributed by atoms with Crippen molar-refractivity contribution in [3.05, 3.63) is 61.9 Å². The van der Waals surface area contributed by atoms with E-state index in [0.717, 1.165) is 46.5 Å². The van der Waals surface area contributed by atoms with Crippen LogP contribution in [0.25, 0.3) is 6.08 Å². The third-order valence-electron chi connectivity index (χ3n) is 7.52. The predicted molar refractivity (Wildman–Crippen MR) is 160 cm³/mol. The van der Waals surface area contributed by atoms with Crippen LogP contribution in [0.1, 0.15) is 75.3 Å². The van der Waals surface area contributed by atoms with Gasteiger partial charge in [0.2, 0.25) is 0 Å². The Morgan fingerprint density at radius 1 is 1.03 bits per heavy atom. The van der Waals surface area contributed by atoms with Crippen molar-refractivity contribution in [2.45, 2.75) is 82.9 Å². The van der Waals surface area contributed by atoms with Gasteiger partial charge in [-0.15, -0.1) is 0 Å². The lowest BCUT2D eigenvalue weighted by Gasteiger charge is -2.31. The zero-order valence-corrected chi connectivity index (χ0v) is 24.9. The van der Waals surface area contributed by atoms with Gasteiger partial charge in [0.05, 0.1) is 18.1 Å². The lowest BCUT2D eigenvalue weighted by molar-refractivity contribution is -0.124. The van der Waals surface area contributed by atoms with Gasteiger partial charge in [0.1, 0.15) is 6.61 Å². The highest BCUT2D eigenvalue weighted by atomic mass is 79.9. The van der Waals surface area contributed by atoms with Gasteiger partial charge in [-0.1, -0.05) is 78.2 Å². The molecule has 2 saturated carbocycles. The number of amidine groups is 1. The molecule has 0 aromatic heterocycles. The zero-order chi connectivity index (χ0) is 26.5. The monoisotopic (exact) mass is 616 g/mol. The molecule has 1 amide bonds. The zero-order valence-electron chi connectivity index (χ0n) is 21.8. The summed E-state index contributed by atoms with van der Waals surface area (Å²) in [6.45, 7) is 0.395. The number of benzene rings is 2. The fraction of sp³-hybridized carbons (Fsp3) is 0.467. The first-order chi connectivity index (χ1) is 18.5. The van der Waals surface area contributed by atoms with Crippen LogP contribution in [-0.4, -0.2) is 35.2 Å². The van der Waals surface area contributed by atoms with Gasteiger partial charge in [0, 0.05) is 15.5 Å². The van der Waals surface area contributed by atoms with Gasteiger partial charge < -0.3 is 9.47 Å². The standard InChI is InChI=1S/C30H34BrClN2O3S/c1-36-26-16-21(25(31)18-27(26)37-19-20-12-14-22(32)15-13-20)17-28-29(35)34(24-10-6-3-7-11-24)30(38-28)33-23-8-4-2-5-9-23/h12-18,23-24H,2-11,19H2,1H3. The maximum atomic E-state index is 13.8. The quantitative estimate of drug-likeness (QED) is 0.292. The largest absolute Gasteiger partial charge is 0.493 e. The molecule has 2 aromatic carbocycles. The van der Waals surface area contributed by atoms with Crippen molar-refractivity contribution < 1.29 is 14.3 Å². The number of thioether (sulfide) groups is 1. The number of hydrogen-bond acceptors (Lipinski definition) is 5. The third-order valence-corrected chi connectivity index (χ3v) is 9.46. The van der Waals surface area contributed by atoms with Gasteiger partial charge >= 0.3 is 0 Å². The number of rotatable bonds is 7. The lowest BCUT2D eigenvalue weighted by atomic mass is 9.94. The number of carbonyl (C=O) groups is 1. The number of methoxy groups -OCH3 is 1. The number of nitrogens with zero attached hydrogens (tertiary/aromatic N) is 2. The number of hydrogen-bond donors (Lipinski definition) is 0. The van der Waals surface area contributed by atoms with E-state index in [2.05, 4.69) is 15.9 Å². The minimum atomic E-state index is 0.0744. The fourth-order valence-corrected chi connectivity index (χ4v) is 7.08. The van der Waals surface area contributed by atoms with E-state index in [0.29, 0.717) is 34.1 Å². The minimum absolute atomic E-state index is 0.0744. The molecule has 2 aliphatic carbocycles. The van der Waals surface area contributed by atoms with E-state index in [9.17, 15) is 4.79 Å². The molecular weight excluding hydrogens is 584 g/mol. The Morgan fingerprint density at radius 2 is 1.71 bits per heavy atom. The molecule has 0 N–H and O–H groups in total. The van der Waals surface area contributed by atoms with Gasteiger partial charge in [-0.2, -0.15) is 0 Å². The van der Waals surface area contributed by atoms with E-state index in [1.54, 1.807) is 7.11 Å². The number of halogens is 2. The molecule has 0 atom stereocenters. The molecular formula is C30H34BrClN2O3S. The van der Waals surface area contributed by atoms with E-state index in [-0.39, 0.29) is 11.9 Å². The SMILES string of the molecule is COc1cc(C=C2SC(=NC3CCCCC3)N(C3CCCCC3)C2=O)c(Br)cc1OCc1ccc(Cl)cc1. The molecule has 3 fully saturated rings. The second-order valence-corrected chi connectivity index (χ2v) is 12.5. The normalized spacial score (nSPS) is 21.4. The molecule has 38 heavy (non-hydrogen) atoms. The summed E-state index contributed by atoms with van der Waals surface area (Å²) in [6.07, 6.45) is 13.7. The fourth-order valence-electron chi connectivity index (χ4n) is 5.42. The van der Waals surface area contributed by atoms with Gasteiger partial charge in [-0.25, -0.2) is 0 Å². The summed E-state index contributed by atoms with van der Waals surface area (Å²) in [7, 11) is 1.63. The van der Waals surface area contributed by atoms with Crippen molar-refractivity contribution in [1.82, 2.24) is 4.90 Å². The molecule has 2 aromatic rings. The number of aliphatic imine (C=N–C) groups is 1. The van der Waals surface area contributed by atoms with Crippen LogP contribution in [0, 0.1) is 0 Å². The Hall–Kier alpha value is -1.96. The first kappa shape index (κ1) is 27.6. The van der Waals surface area contributed by atoms with Gasteiger partial charge in [-0.3, -0.25) is 14.7 Å². The van der Waals surface area contributed by atoms with Crippen LogP contribution in [0.4, 0.5) is 0 Å². The summed E-state index contributed by atoms with van der Waals surface area (Å²) in [4.78, 5) is 21.6. The molecule has 0 radical (unpaired) electrons. The van der Waals surface area contributed by atoms with Crippen LogP contribution >= 0.6 is 39.3 Å². The number of ether oxygens (including phenoxy) is 2. The molecule has 0 unspecified atom stereocenters. The highest BCUT2D eigenvalue weighted by molar-refractivity contribution is 9.10. The predicted octanol–water partition coefficient (Wildman–Crippen LogP) is 8.63. The molecule has 8 heteroatoms. The van der Waals surface area contributed by atoms with Crippen LogP contribution in [-0.2, 0) is 11.4 Å². The van der Waals surface area contributed by atoms with Gasteiger partial charge in [0.15, 0.2) is 16.7 Å². The van der Waals surface area contributed by atoms with Crippen molar-refractivity contribution in [2.75, 3.05) is 7.11 Å². The first-order valence-electron chi connectivity index (χ1n) is 13.6. The number of amides is 1. The van der Waals surface area contributed by atoms with Crippen LogP contribution in [0.5, 0.6) is 11.5 Å². The Labute approximate surface area is 243 Å². The van der Waals surface area contributed by atoms with Crippen LogP contribution in [0.15, 0.2) is 50.8 Å². The summed E-state index contributed by atoms with van der Waals surface area (Å²) in [5.41, 5.74) is 1.89. The van der Waals surface area contributed by atoms with Gasteiger partial charge in [0.25, 0.3) is 5.91 Å². The van der Waals surface area contributed by atoms with Crippen molar-refractivity contribution in [2.24, 2.45) is 4.99 Å². The Bertz CT molecular complexity index is 1200. The maximum Gasteiger partial charge on any atom is 0.267 e. The molecule has 5 rings (SSSR count). The summed E-state index contributed by atoms with van der Waals surface area (Å²) >= 11 is 11.2. The Balaban J connectivity index is 1.39. The van der Waals surface area contributed by atoms with Gasteiger partial charge in [-0.05, 0) is 78.9 Å². The van der Waals surface area contributed by atoms with E-state index >= 15 is 0 Å². The van der Waals surface area contributed by atoms with E-state index in [1.165, 1.54) is 50.3 Å². The maximum absolute atomic E-state index is 13.8. The average Bonchev–Trinajstić information content (AvgIpc) is 3.24. The highest BCUT2D eigenvalue weighted by Crippen LogP contribution is 2.41. The van der Waals surface area contributed by atoms with E-state index in [1.807, 2.05) is 47.4 Å². The van der Waals surface area contributed by atoms with E-state index < -0.39 is 0 Å². The van der Waals surface area contributed by atoms with Crippen LogP contribution in [0.3, 0.4) is 0 Å². The molecule has 3 aliphatic rings. The van der Waals surface area contributed by atoms with Crippen LogP contribution < -0.4 is 9.47 Å². The molecule has 0 spiro atoms. The molecule has 202 valence electrons. The Kier molecular flexibility index (Phi) is 9.39. The third kappa shape index (κ3) is 6.60. The summed E-state index contributed by atoms with van der Waals surface area (Å²) in [6, 6.07) is 12.0. The van der Waals surface area contributed by atoms with Crippen molar-refractivity contribution in [3.8, 4) is 11.5 Å². The minimum Gasteiger partial charge on any atom is -0.493 e. The molecule has 5 nitrogen and oxygen atoms in total. The summed E-state index contributed by atoms with van der Waals surface area (Å²) in [5.74, 6) is 1.32. The second-order valence-electron chi connectivity index (χ2n) is 10.2. The topological polar surface area (TPSA) is 51.1 Å². The molecule has 1 heterocycles. The van der Waals surface area contributed by atoms with Crippen molar-refractivity contribution >= 4 is 56.4 Å². The lowest BCUT2D eigenvalue weighted by Crippen LogP contribution is -2.41. The Morgan fingerprint density at radius 3 is 2.39 bits per heavy atom. The second kappa shape index (κ2) is 12.9. The molecule has 0 bridgehead atoms. The smallest absolute Gasteiger partial charge is 0.267 e. The van der Waals surface area contributed by atoms with E-state index in [4.69, 9.17) is 26.1 Å². The molecule has 1 saturated heterocycles. The summed E-state index contributed by atoms with van der Waals surface area (Å²) in [5, 5.41) is 1.59.